The second kappa shape index (κ2) is 18.1. The van der Waals surface area contributed by atoms with Crippen molar-refractivity contribution in [2.45, 2.75) is 26.2 Å². The van der Waals surface area contributed by atoms with E-state index >= 15 is 0 Å². The highest BCUT2D eigenvalue weighted by Gasteiger charge is 2.44. The van der Waals surface area contributed by atoms with Crippen molar-refractivity contribution in [3.05, 3.63) is 261 Å². The molecule has 384 valence electrons. The summed E-state index contributed by atoms with van der Waals surface area (Å²) in [5.74, 6) is 4.92. The van der Waals surface area contributed by atoms with Crippen LogP contribution >= 0.6 is 0 Å². The summed E-state index contributed by atoms with van der Waals surface area (Å²) in [6.07, 6.45) is 5.34. The molecule has 16 rings (SSSR count). The van der Waals surface area contributed by atoms with Crippen LogP contribution in [0, 0.1) is 6.33 Å². The van der Waals surface area contributed by atoms with Gasteiger partial charge in [-0.15, -0.1) is 0 Å². The minimum atomic E-state index is -0.576. The van der Waals surface area contributed by atoms with E-state index in [0.717, 1.165) is 89.3 Å². The number of rotatable bonds is 8. The summed E-state index contributed by atoms with van der Waals surface area (Å²) in [5, 5.41) is 2.96. The minimum Gasteiger partial charge on any atom is -0.458 e. The summed E-state index contributed by atoms with van der Waals surface area (Å²) in [6.45, 7) is 6.37. The summed E-state index contributed by atoms with van der Waals surface area (Å²) in [7, 11) is 0. The molecule has 0 amide bonds. The number of fused-ring (bicyclic) bond motifs is 10. The lowest BCUT2D eigenvalue weighted by Gasteiger charge is -2.32. The average Bonchev–Trinajstić information content (AvgIpc) is 1.62. The SMILES string of the molecule is [2H]c1c([2H])c([2H])c(-c2cccc(-c3c([2H])c([2H])c([2H])c([2H])c3[2H])c2-[n+]2[c-]n(-c3cccc(Oc4ccc5c6cc(-n7c8c(c9ccccc97)Oc7cccc9c7B8c7ccccc7O9)ccc6n(-c6cc(C(C)(C)C)ccn6)c5c4)c3)c3ccccc32)c([2H])c1[2H]. The van der Waals surface area contributed by atoms with E-state index in [1.54, 1.807) is 27.3 Å². The van der Waals surface area contributed by atoms with E-state index in [1.165, 1.54) is 0 Å². The van der Waals surface area contributed by atoms with Crippen molar-refractivity contribution >= 4 is 67.0 Å². The molecule has 9 heteroatoms. The molecule has 14 aromatic rings. The molecule has 0 N–H and O–H groups in total. The number of imidazole rings is 1. The number of nitrogens with zero attached hydrogens (tertiary/aromatic N) is 5. The van der Waals surface area contributed by atoms with E-state index < -0.39 is 60.4 Å². The first-order valence-corrected chi connectivity index (χ1v) is 26.7. The van der Waals surface area contributed by atoms with Crippen LogP contribution in [0.4, 0.5) is 0 Å². The quantitative estimate of drug-likeness (QED) is 0.0864. The lowest BCUT2D eigenvalue weighted by Crippen LogP contribution is -2.59. The van der Waals surface area contributed by atoms with Crippen LogP contribution in [0.5, 0.6) is 34.5 Å². The molecule has 0 aliphatic carbocycles. The molecule has 10 aromatic carbocycles. The molecule has 0 spiro atoms. The zero-order valence-corrected chi connectivity index (χ0v) is 43.9. The lowest BCUT2D eigenvalue weighted by molar-refractivity contribution is -0.571. The van der Waals surface area contributed by atoms with Crippen molar-refractivity contribution in [1.82, 2.24) is 18.7 Å². The van der Waals surface area contributed by atoms with Gasteiger partial charge < -0.3 is 18.8 Å². The number of aromatic nitrogens is 5. The van der Waals surface area contributed by atoms with E-state index in [1.807, 2.05) is 97.2 Å². The molecule has 0 radical (unpaired) electrons. The smallest absolute Gasteiger partial charge is 0.281 e. The largest absolute Gasteiger partial charge is 0.458 e. The predicted octanol–water partition coefficient (Wildman–Crippen LogP) is 15.3. The molecule has 6 heterocycles. The highest BCUT2D eigenvalue weighted by molar-refractivity contribution is 6.98. The fraction of sp³-hybridized carbons (Fsp3) is 0.0556. The van der Waals surface area contributed by atoms with E-state index in [2.05, 4.69) is 109 Å². The Kier molecular flexibility index (Phi) is 8.36. The number of pyridine rings is 1. The monoisotopic (exact) mass is 1050 g/mol. The molecule has 0 saturated carbocycles. The first-order valence-electron chi connectivity index (χ1n) is 31.7. The van der Waals surface area contributed by atoms with Gasteiger partial charge in [-0.05, 0) is 130 Å². The van der Waals surface area contributed by atoms with Gasteiger partial charge in [0.15, 0.2) is 0 Å². The molecule has 0 bridgehead atoms. The van der Waals surface area contributed by atoms with Crippen LogP contribution < -0.4 is 35.3 Å². The summed E-state index contributed by atoms with van der Waals surface area (Å²) >= 11 is 0. The maximum absolute atomic E-state index is 9.13. The average molecular weight is 1050 g/mol. The van der Waals surface area contributed by atoms with Crippen molar-refractivity contribution < 1.29 is 32.5 Å². The molecule has 81 heavy (non-hydrogen) atoms. The van der Waals surface area contributed by atoms with Gasteiger partial charge in [0.05, 0.1) is 52.7 Å². The summed E-state index contributed by atoms with van der Waals surface area (Å²) < 4.78 is 116. The third kappa shape index (κ3) is 7.46. The Morgan fingerprint density at radius 3 is 2.02 bits per heavy atom. The molecule has 0 saturated heterocycles. The fourth-order valence-corrected chi connectivity index (χ4v) is 12.0. The van der Waals surface area contributed by atoms with Crippen molar-refractivity contribution in [3.63, 3.8) is 0 Å². The summed E-state index contributed by atoms with van der Waals surface area (Å²) in [4.78, 5) is 5.03. The molecular formula is C72H50BN5O3. The maximum Gasteiger partial charge on any atom is 0.281 e. The van der Waals surface area contributed by atoms with Crippen molar-refractivity contribution in [2.75, 3.05) is 0 Å². The third-order valence-corrected chi connectivity index (χ3v) is 15.6. The molecule has 0 unspecified atom stereocenters. The second-order valence-electron chi connectivity index (χ2n) is 21.3. The summed E-state index contributed by atoms with van der Waals surface area (Å²) in [6, 6.07) is 53.9. The van der Waals surface area contributed by atoms with Crippen molar-refractivity contribution in [3.8, 4) is 79.6 Å². The van der Waals surface area contributed by atoms with Gasteiger partial charge in [0, 0.05) is 45.2 Å². The van der Waals surface area contributed by atoms with Crippen molar-refractivity contribution in [1.29, 1.82) is 0 Å². The predicted molar refractivity (Wildman–Crippen MR) is 326 cm³/mol. The number of hydrogen-bond acceptors (Lipinski definition) is 4. The molecule has 0 fully saturated rings. The second-order valence-corrected chi connectivity index (χ2v) is 21.3. The van der Waals surface area contributed by atoms with Crippen LogP contribution in [-0.4, -0.2) is 25.4 Å². The van der Waals surface area contributed by atoms with Gasteiger partial charge in [-0.25, -0.2) is 4.98 Å². The molecule has 2 aliphatic heterocycles. The van der Waals surface area contributed by atoms with Gasteiger partial charge in [0.25, 0.3) is 13.0 Å². The van der Waals surface area contributed by atoms with Gasteiger partial charge in [-0.3, -0.25) is 13.7 Å². The number of hydrogen-bond donors (Lipinski definition) is 0. The Balaban J connectivity index is 0.848. The van der Waals surface area contributed by atoms with Crippen LogP contribution in [0.15, 0.2) is 249 Å². The number of ether oxygens (including phenoxy) is 3. The normalized spacial score (nSPS) is 14.3. The Bertz CT molecular complexity index is 5350. The van der Waals surface area contributed by atoms with Crippen LogP contribution in [0.2, 0.25) is 0 Å². The highest BCUT2D eigenvalue weighted by atomic mass is 16.5. The highest BCUT2D eigenvalue weighted by Crippen LogP contribution is 2.43. The van der Waals surface area contributed by atoms with Crippen LogP contribution in [0.25, 0.3) is 88.9 Å². The van der Waals surface area contributed by atoms with E-state index in [-0.39, 0.29) is 40.1 Å². The summed E-state index contributed by atoms with van der Waals surface area (Å²) in [5.41, 5.74) is 9.70. The first-order chi connectivity index (χ1) is 43.9. The Labute approximate surface area is 482 Å². The zero-order valence-electron chi connectivity index (χ0n) is 53.9. The van der Waals surface area contributed by atoms with Crippen molar-refractivity contribution in [2.24, 2.45) is 0 Å². The Morgan fingerprint density at radius 1 is 0.543 bits per heavy atom. The standard InChI is InChI=1S/C72H50BN5O3/c1-72(2,3)48-39-40-74-67(41-48)78-60-38-35-50(77-59-29-12-10-25-56(59)70-71(77)73-58-28-11-15-32-64(58)80-65-33-18-34-66(81-70)68(65)73)43-57(60)55-37-36-52(44-63(55)78)79-51-24-16-23-49(42-51)75-45-76(62-31-14-13-30-61(62)75)69-53(46-19-6-4-7-20-46)26-17-27-54(69)47-21-8-5-9-22-47/h4-44H,1-3H3/i4D,5D,6D,7D,8D,9D,19D,20D,21D,22D. The minimum absolute atomic E-state index is 0.142. The van der Waals surface area contributed by atoms with Crippen LogP contribution in [0.1, 0.15) is 40.0 Å². The fourth-order valence-electron chi connectivity index (χ4n) is 12.0. The topological polar surface area (TPSA) is 59.3 Å². The van der Waals surface area contributed by atoms with Gasteiger partial charge in [-0.1, -0.05) is 166 Å². The molecular weight excluding hydrogens is 994 g/mol. The van der Waals surface area contributed by atoms with Crippen LogP contribution in [0.3, 0.4) is 0 Å². The Hall–Kier alpha value is -10.4. The van der Waals surface area contributed by atoms with E-state index in [0.29, 0.717) is 28.2 Å². The van der Waals surface area contributed by atoms with Gasteiger partial charge >= 0.3 is 0 Å². The Morgan fingerprint density at radius 2 is 1.22 bits per heavy atom. The molecule has 2 aliphatic rings. The number of para-hydroxylation sites is 5. The number of benzene rings is 10. The van der Waals surface area contributed by atoms with Crippen LogP contribution in [-0.2, 0) is 5.41 Å². The first kappa shape index (κ1) is 37.4. The molecule has 4 aromatic heterocycles. The van der Waals surface area contributed by atoms with E-state index in [9.17, 15) is 0 Å². The third-order valence-electron chi connectivity index (χ3n) is 15.6. The maximum atomic E-state index is 9.13. The van der Waals surface area contributed by atoms with Gasteiger partial charge in [0.1, 0.15) is 40.3 Å². The van der Waals surface area contributed by atoms with Gasteiger partial charge in [0.2, 0.25) is 0 Å². The zero-order chi connectivity index (χ0) is 62.6. The van der Waals surface area contributed by atoms with E-state index in [4.69, 9.17) is 32.9 Å². The lowest BCUT2D eigenvalue weighted by atomic mass is 9.36. The van der Waals surface area contributed by atoms with Gasteiger partial charge in [-0.2, -0.15) is 0 Å². The molecule has 8 nitrogen and oxygen atoms in total. The molecule has 0 atom stereocenters.